The summed E-state index contributed by atoms with van der Waals surface area (Å²) in [5.74, 6) is 0.953. The Morgan fingerprint density at radius 3 is 2.28 bits per heavy atom. The lowest BCUT2D eigenvalue weighted by molar-refractivity contribution is 0.0518. The van der Waals surface area contributed by atoms with E-state index in [-0.39, 0.29) is 31.5 Å². The molecule has 39 heavy (non-hydrogen) atoms. The van der Waals surface area contributed by atoms with Crippen LogP contribution < -0.4 is 25.4 Å². The van der Waals surface area contributed by atoms with Gasteiger partial charge in [-0.3, -0.25) is 0 Å². The minimum atomic E-state index is -0.471. The van der Waals surface area contributed by atoms with Crippen LogP contribution in [0.2, 0.25) is 0 Å². The molecule has 7 nitrogen and oxygen atoms in total. The molecular weight excluding hydrogens is 621 g/mol. The molecule has 0 aromatic heterocycles. The fourth-order valence-corrected chi connectivity index (χ4v) is 11.3. The van der Waals surface area contributed by atoms with Gasteiger partial charge in [0.15, 0.2) is 0 Å². The molecule has 0 spiro atoms. The number of hydrogen-bond acceptors (Lipinski definition) is 7. The lowest BCUT2D eigenvalue weighted by Crippen LogP contribution is -2.38. The summed E-state index contributed by atoms with van der Waals surface area (Å²) in [6, 6.07) is 12.0. The second-order valence-electron chi connectivity index (χ2n) is 12.5. The van der Waals surface area contributed by atoms with Crippen molar-refractivity contribution in [3.8, 4) is 0 Å². The molecule has 4 aliphatic heterocycles. The van der Waals surface area contributed by atoms with E-state index in [1.54, 1.807) is 0 Å². The molecule has 0 radical (unpaired) electrons. The Labute approximate surface area is 243 Å². The lowest BCUT2D eigenvalue weighted by atomic mass is 10.2. The quantitative estimate of drug-likeness (QED) is 0.405. The van der Waals surface area contributed by atoms with Crippen molar-refractivity contribution in [2.75, 3.05) is 54.0 Å². The van der Waals surface area contributed by atoms with Crippen molar-refractivity contribution in [1.82, 2.24) is 5.32 Å². The number of nitrogens with zero attached hydrogens (tertiary/aromatic N) is 4. The van der Waals surface area contributed by atoms with Crippen molar-refractivity contribution in [3.05, 3.63) is 38.8 Å². The molecule has 2 aromatic carbocycles. The molecule has 9 heteroatoms. The molecular formula is C30H38IN5O2S. The number of anilines is 3. The van der Waals surface area contributed by atoms with E-state index < -0.39 is 5.60 Å². The van der Waals surface area contributed by atoms with Crippen LogP contribution >= 0.6 is 28.3 Å². The highest BCUT2D eigenvalue weighted by atomic mass is 127. The van der Waals surface area contributed by atoms with Gasteiger partial charge in [0.2, 0.25) is 0 Å². The highest BCUT2D eigenvalue weighted by Crippen LogP contribution is 2.52. The maximum atomic E-state index is 12.4. The normalized spacial score (nSPS) is 25.5. The third-order valence-corrected chi connectivity index (χ3v) is 13.7. The Hall–Kier alpha value is -2.01. The number of benzene rings is 2. The summed E-state index contributed by atoms with van der Waals surface area (Å²) in [6.07, 6.45) is 4.84. The Morgan fingerprint density at radius 1 is 0.949 bits per heavy atom. The maximum absolute atomic E-state index is 12.4. The highest BCUT2D eigenvalue weighted by molar-refractivity contribution is 14.2. The predicted octanol–water partition coefficient (Wildman–Crippen LogP) is 6.04. The molecule has 1 aliphatic carbocycles. The molecule has 2 aromatic rings. The van der Waals surface area contributed by atoms with E-state index in [2.05, 4.69) is 50.3 Å². The first-order chi connectivity index (χ1) is 18.8. The molecule has 2 unspecified atom stereocenters. The van der Waals surface area contributed by atoms with Crippen LogP contribution in [0.25, 0.3) is 0 Å². The van der Waals surface area contributed by atoms with E-state index in [4.69, 9.17) is 9.73 Å². The summed E-state index contributed by atoms with van der Waals surface area (Å²) in [4.78, 5) is 26.7. The van der Waals surface area contributed by atoms with Gasteiger partial charge in [-0.1, -0.05) is 8.93 Å². The molecule has 4 fully saturated rings. The molecule has 7 rings (SSSR count). The summed E-state index contributed by atoms with van der Waals surface area (Å²) in [7, 11) is 2.05. The maximum Gasteiger partial charge on any atom is 0.407 e. The number of carbonyl (C=O) groups excluding carboxylic acids is 1. The van der Waals surface area contributed by atoms with E-state index in [0.29, 0.717) is 11.8 Å². The number of carbonyl (C=O) groups is 1. The van der Waals surface area contributed by atoms with Crippen LogP contribution in [0, 0.1) is 15.0 Å². The van der Waals surface area contributed by atoms with Gasteiger partial charge >= 0.3 is 6.09 Å². The van der Waals surface area contributed by atoms with E-state index in [1.165, 1.54) is 63.9 Å². The molecule has 2 atom stereocenters. The first-order valence-corrected chi connectivity index (χ1v) is 18.9. The smallest absolute Gasteiger partial charge is 0.407 e. The monoisotopic (exact) mass is 659 g/mol. The van der Waals surface area contributed by atoms with E-state index in [1.807, 2.05) is 29.7 Å². The van der Waals surface area contributed by atoms with Crippen molar-refractivity contribution in [2.45, 2.75) is 63.0 Å². The topological polar surface area (TPSA) is 60.4 Å². The standard InChI is InChI=1S/C30H38IN5O2S/c1-30(2,3)38-29(37)33-27-21-17-36(18-22(21)27)25-15-20(35-12-6-7-13-35)16-26-28(25)32-24-9-8-19(14-23(24)31-39-26)34-10-4-5-11-34/h8-9,14-16,21-22,27H,4-7,10-13,17-18H2,1-3H3,(H,33,37). The summed E-state index contributed by atoms with van der Waals surface area (Å²) in [5.41, 5.74) is 4.66. The van der Waals surface area contributed by atoms with E-state index in [0.717, 1.165) is 37.2 Å². The van der Waals surface area contributed by atoms with Crippen LogP contribution in [0.1, 0.15) is 46.5 Å². The van der Waals surface area contributed by atoms with Crippen molar-refractivity contribution in [2.24, 2.45) is 16.8 Å². The van der Waals surface area contributed by atoms with Crippen LogP contribution in [0.15, 0.2) is 40.2 Å². The Bertz CT molecular complexity index is 1400. The number of fused-ring (bicyclic) bond motifs is 3. The van der Waals surface area contributed by atoms with Crippen LogP contribution in [-0.2, 0) is 4.74 Å². The predicted molar refractivity (Wildman–Crippen MR) is 168 cm³/mol. The number of ether oxygens (including phenoxy) is 1. The number of nitrogens with one attached hydrogen (secondary N) is 1. The van der Waals surface area contributed by atoms with Crippen molar-refractivity contribution in [3.63, 3.8) is 0 Å². The SMILES string of the molecule is CC(C)(C)OC(=O)NC1C2CN(c3cc(N4CCCC4)cc4c3N=c3ccc(N5CCCC5)cc3=IS4)CC21. The van der Waals surface area contributed by atoms with Gasteiger partial charge < -0.3 is 24.8 Å². The fraction of sp³-hybridized carbons (Fsp3) is 0.567. The van der Waals surface area contributed by atoms with Gasteiger partial charge in [0.25, 0.3) is 0 Å². The second kappa shape index (κ2) is 10.1. The van der Waals surface area contributed by atoms with E-state index >= 15 is 0 Å². The van der Waals surface area contributed by atoms with Crippen molar-refractivity contribution < 1.29 is 9.53 Å². The van der Waals surface area contributed by atoms with Gasteiger partial charge in [0, 0.05) is 76.6 Å². The van der Waals surface area contributed by atoms with Gasteiger partial charge in [0.1, 0.15) is 11.3 Å². The first kappa shape index (κ1) is 25.9. The van der Waals surface area contributed by atoms with Gasteiger partial charge in [-0.25, -0.2) is 9.79 Å². The van der Waals surface area contributed by atoms with Crippen molar-refractivity contribution >= 4 is 57.1 Å². The Morgan fingerprint density at radius 2 is 1.62 bits per heavy atom. The summed E-state index contributed by atoms with van der Waals surface area (Å²) in [6.45, 7) is 12.3. The number of piperidine rings is 1. The number of rotatable bonds is 4. The van der Waals surface area contributed by atoms with Crippen LogP contribution in [-0.4, -0.2) is 57.0 Å². The Balaban J connectivity index is 1.18. The summed E-state index contributed by atoms with van der Waals surface area (Å²) >= 11 is -0.238. The van der Waals surface area contributed by atoms with Crippen molar-refractivity contribution in [1.29, 1.82) is 0 Å². The van der Waals surface area contributed by atoms with Crippen LogP contribution in [0.3, 0.4) is 0 Å². The average Bonchev–Trinajstić information content (AvgIpc) is 3.44. The molecule has 0 bridgehead atoms. The van der Waals surface area contributed by atoms with Gasteiger partial charge in [-0.15, -0.1) is 0 Å². The van der Waals surface area contributed by atoms with Crippen LogP contribution in [0.5, 0.6) is 0 Å². The molecule has 4 heterocycles. The Kier molecular flexibility index (Phi) is 6.73. The second-order valence-corrected chi connectivity index (χ2v) is 17.1. The largest absolute Gasteiger partial charge is 0.444 e. The number of amides is 1. The van der Waals surface area contributed by atoms with E-state index in [9.17, 15) is 4.79 Å². The minimum absolute atomic E-state index is 0.221. The molecule has 1 saturated carbocycles. The zero-order chi connectivity index (χ0) is 26.7. The summed E-state index contributed by atoms with van der Waals surface area (Å²) < 4.78 is 6.96. The number of hydrogen-bond donors (Lipinski definition) is 1. The third kappa shape index (κ3) is 5.25. The summed E-state index contributed by atoms with van der Waals surface area (Å²) in [5, 5.41) is 4.28. The molecule has 208 valence electrons. The molecule has 5 aliphatic rings. The van der Waals surface area contributed by atoms with Gasteiger partial charge in [0.05, 0.1) is 11.0 Å². The molecule has 1 amide bonds. The highest BCUT2D eigenvalue weighted by Gasteiger charge is 2.57. The first-order valence-electron chi connectivity index (χ1n) is 14.4. The average molecular weight is 660 g/mol. The zero-order valence-corrected chi connectivity index (χ0v) is 26.1. The zero-order valence-electron chi connectivity index (χ0n) is 23.1. The molecule has 1 N–H and O–H groups in total. The van der Waals surface area contributed by atoms with Gasteiger partial charge in [-0.05, 0) is 96.1 Å². The number of halogens is 1. The lowest BCUT2D eigenvalue weighted by Gasteiger charge is -2.28. The fourth-order valence-electron chi connectivity index (χ4n) is 6.55. The third-order valence-electron chi connectivity index (χ3n) is 8.57. The molecule has 3 saturated heterocycles. The van der Waals surface area contributed by atoms with Gasteiger partial charge in [-0.2, -0.15) is 0 Å². The number of alkyl carbamates (subject to hydrolysis) is 1. The minimum Gasteiger partial charge on any atom is -0.444 e. The van der Waals surface area contributed by atoms with Crippen LogP contribution in [0.4, 0.5) is 27.5 Å².